The lowest BCUT2D eigenvalue weighted by Crippen LogP contribution is -2.41. The quantitative estimate of drug-likeness (QED) is 0.808. The second-order valence-electron chi connectivity index (χ2n) is 6.13. The third-order valence-electron chi connectivity index (χ3n) is 4.64. The Bertz CT molecular complexity index is 699. The van der Waals surface area contributed by atoms with Crippen LogP contribution in [0, 0.1) is 0 Å². The van der Waals surface area contributed by atoms with E-state index >= 15 is 0 Å². The van der Waals surface area contributed by atoms with Gasteiger partial charge >= 0.3 is 0 Å². The number of hydrogen-bond donors (Lipinski definition) is 1. The Balaban J connectivity index is 2.12. The van der Waals surface area contributed by atoms with E-state index in [0.717, 1.165) is 24.3 Å². The minimum atomic E-state index is -3.54. The predicted octanol–water partition coefficient (Wildman–Crippen LogP) is 1.60. The lowest BCUT2D eigenvalue weighted by Gasteiger charge is -2.26. The summed E-state index contributed by atoms with van der Waals surface area (Å²) in [5, 5.41) is 0. The molecule has 0 aliphatic carbocycles. The first-order chi connectivity index (χ1) is 11.3. The van der Waals surface area contributed by atoms with Crippen LogP contribution in [0.15, 0.2) is 23.1 Å². The zero-order valence-corrected chi connectivity index (χ0v) is 15.7. The number of hydrogen-bond acceptors (Lipinski definition) is 4. The molecule has 0 spiro atoms. The first-order valence-electron chi connectivity index (χ1n) is 8.44. The average Bonchev–Trinajstić information content (AvgIpc) is 2.97. The third-order valence-corrected chi connectivity index (χ3v) is 6.06. The Morgan fingerprint density at radius 3 is 2.58 bits per heavy atom. The first kappa shape index (κ1) is 18.9. The number of sulfonamides is 1. The molecule has 1 N–H and O–H groups in total. The van der Waals surface area contributed by atoms with E-state index in [4.69, 9.17) is 0 Å². The molecule has 7 heteroatoms. The number of nitrogens with zero attached hydrogens (tertiary/aromatic N) is 2. The molecular weight excluding hydrogens is 326 g/mol. The third kappa shape index (κ3) is 3.96. The molecule has 1 aromatic rings. The molecule has 0 saturated heterocycles. The van der Waals surface area contributed by atoms with Crippen LogP contribution < -0.4 is 9.62 Å². The molecule has 0 saturated carbocycles. The van der Waals surface area contributed by atoms with Crippen LogP contribution in [-0.4, -0.2) is 51.4 Å². The molecule has 134 valence electrons. The molecule has 0 radical (unpaired) electrons. The maximum atomic E-state index is 12.5. The topological polar surface area (TPSA) is 69.7 Å². The monoisotopic (exact) mass is 353 g/mol. The van der Waals surface area contributed by atoms with E-state index < -0.39 is 10.0 Å². The maximum absolute atomic E-state index is 12.5. The van der Waals surface area contributed by atoms with Gasteiger partial charge in [0.15, 0.2) is 0 Å². The number of carbonyl (C=O) groups is 1. The maximum Gasteiger partial charge on any atom is 0.240 e. The van der Waals surface area contributed by atoms with Crippen LogP contribution in [0.5, 0.6) is 0 Å². The summed E-state index contributed by atoms with van der Waals surface area (Å²) in [5.41, 5.74) is 1.72. The van der Waals surface area contributed by atoms with Gasteiger partial charge in [-0.3, -0.25) is 9.69 Å². The lowest BCUT2D eigenvalue weighted by atomic mass is 10.2. The molecule has 1 amide bonds. The van der Waals surface area contributed by atoms with Gasteiger partial charge in [0.25, 0.3) is 0 Å². The van der Waals surface area contributed by atoms with E-state index in [1.54, 1.807) is 23.1 Å². The minimum absolute atomic E-state index is 0.0180. The van der Waals surface area contributed by atoms with Crippen molar-refractivity contribution in [2.45, 2.75) is 45.1 Å². The molecule has 1 aromatic carbocycles. The van der Waals surface area contributed by atoms with Gasteiger partial charge in [0, 0.05) is 31.7 Å². The zero-order chi connectivity index (χ0) is 17.9. The first-order valence-corrected chi connectivity index (χ1v) is 9.93. The summed E-state index contributed by atoms with van der Waals surface area (Å²) < 4.78 is 27.8. The fraction of sp³-hybridized carbons (Fsp3) is 0.588. The van der Waals surface area contributed by atoms with Crippen LogP contribution in [0.4, 0.5) is 5.69 Å². The molecule has 1 aliphatic heterocycles. The molecule has 0 aromatic heterocycles. The van der Waals surface area contributed by atoms with Gasteiger partial charge in [-0.25, -0.2) is 13.1 Å². The second kappa shape index (κ2) is 7.63. The summed E-state index contributed by atoms with van der Waals surface area (Å²) in [6.07, 6.45) is 0.689. The molecule has 1 unspecified atom stereocenters. The van der Waals surface area contributed by atoms with Crippen molar-refractivity contribution in [2.24, 2.45) is 0 Å². The Morgan fingerprint density at radius 1 is 1.33 bits per heavy atom. The molecule has 2 rings (SSSR count). The van der Waals surface area contributed by atoms with Gasteiger partial charge in [-0.05, 0) is 50.2 Å². The molecule has 1 heterocycles. The number of likely N-dealkylation sites (N-methyl/N-ethyl adjacent to an activating group) is 1. The number of benzene rings is 1. The van der Waals surface area contributed by atoms with Crippen molar-refractivity contribution in [1.29, 1.82) is 0 Å². The van der Waals surface area contributed by atoms with Crippen LogP contribution >= 0.6 is 0 Å². The van der Waals surface area contributed by atoms with E-state index in [0.29, 0.717) is 19.5 Å². The van der Waals surface area contributed by atoms with Crippen LogP contribution in [0.2, 0.25) is 0 Å². The van der Waals surface area contributed by atoms with Crippen molar-refractivity contribution in [2.75, 3.05) is 31.1 Å². The predicted molar refractivity (Wildman–Crippen MR) is 95.7 cm³/mol. The Kier molecular flexibility index (Phi) is 6.01. The molecule has 1 aliphatic rings. The van der Waals surface area contributed by atoms with Crippen LogP contribution in [0.3, 0.4) is 0 Å². The molecule has 6 nitrogen and oxygen atoms in total. The fourth-order valence-corrected chi connectivity index (χ4v) is 4.33. The van der Waals surface area contributed by atoms with E-state index in [-0.39, 0.29) is 16.8 Å². The average molecular weight is 353 g/mol. The van der Waals surface area contributed by atoms with Gasteiger partial charge in [0.2, 0.25) is 15.9 Å². The standard InChI is InChI=1S/C17H27N3O3S/c1-5-19(6-2)13(3)12-18-24(22,23)16-7-8-17-15(11-16)9-10-20(17)14(4)21/h7-8,11,13,18H,5-6,9-10,12H2,1-4H3. The van der Waals surface area contributed by atoms with Gasteiger partial charge in [0.1, 0.15) is 0 Å². The highest BCUT2D eigenvalue weighted by Gasteiger charge is 2.25. The summed E-state index contributed by atoms with van der Waals surface area (Å²) in [6, 6.07) is 5.12. The Morgan fingerprint density at radius 2 is 2.00 bits per heavy atom. The van der Waals surface area contributed by atoms with Crippen LogP contribution in [0.25, 0.3) is 0 Å². The normalized spacial score (nSPS) is 15.6. The summed E-state index contributed by atoms with van der Waals surface area (Å²) in [6.45, 7) is 10.4. The Hall–Kier alpha value is -1.44. The van der Waals surface area contributed by atoms with Crippen molar-refractivity contribution >= 4 is 21.6 Å². The van der Waals surface area contributed by atoms with E-state index in [1.165, 1.54) is 6.92 Å². The number of fused-ring (bicyclic) bond motifs is 1. The summed E-state index contributed by atoms with van der Waals surface area (Å²) in [4.78, 5) is 15.7. The van der Waals surface area contributed by atoms with Crippen molar-refractivity contribution in [3.8, 4) is 0 Å². The Labute approximate surface area is 144 Å². The minimum Gasteiger partial charge on any atom is -0.312 e. The number of nitrogens with one attached hydrogen (secondary N) is 1. The summed E-state index contributed by atoms with van der Waals surface area (Å²) in [7, 11) is -3.54. The van der Waals surface area contributed by atoms with E-state index in [2.05, 4.69) is 23.5 Å². The molecule has 0 bridgehead atoms. The molecular formula is C17H27N3O3S. The smallest absolute Gasteiger partial charge is 0.240 e. The number of rotatable bonds is 7. The highest BCUT2D eigenvalue weighted by molar-refractivity contribution is 7.89. The van der Waals surface area contributed by atoms with Gasteiger partial charge in [0.05, 0.1) is 4.90 Å². The zero-order valence-electron chi connectivity index (χ0n) is 14.9. The number of amides is 1. The molecule has 1 atom stereocenters. The van der Waals surface area contributed by atoms with Crippen LogP contribution in [0.1, 0.15) is 33.3 Å². The largest absolute Gasteiger partial charge is 0.312 e. The van der Waals surface area contributed by atoms with Crippen molar-refractivity contribution in [3.63, 3.8) is 0 Å². The highest BCUT2D eigenvalue weighted by atomic mass is 32.2. The van der Waals surface area contributed by atoms with Crippen LogP contribution in [-0.2, 0) is 21.2 Å². The fourth-order valence-electron chi connectivity index (χ4n) is 3.16. The number of anilines is 1. The lowest BCUT2D eigenvalue weighted by molar-refractivity contribution is -0.116. The highest BCUT2D eigenvalue weighted by Crippen LogP contribution is 2.30. The van der Waals surface area contributed by atoms with Crippen molar-refractivity contribution in [3.05, 3.63) is 23.8 Å². The van der Waals surface area contributed by atoms with Gasteiger partial charge in [-0.2, -0.15) is 0 Å². The van der Waals surface area contributed by atoms with E-state index in [9.17, 15) is 13.2 Å². The molecule has 24 heavy (non-hydrogen) atoms. The van der Waals surface area contributed by atoms with Crippen molar-refractivity contribution in [1.82, 2.24) is 9.62 Å². The van der Waals surface area contributed by atoms with Gasteiger partial charge in [-0.15, -0.1) is 0 Å². The number of carbonyl (C=O) groups excluding carboxylic acids is 1. The summed E-state index contributed by atoms with van der Waals surface area (Å²) in [5.74, 6) is -0.0180. The van der Waals surface area contributed by atoms with Crippen molar-refractivity contribution < 1.29 is 13.2 Å². The van der Waals surface area contributed by atoms with Gasteiger partial charge < -0.3 is 4.90 Å². The second-order valence-corrected chi connectivity index (χ2v) is 7.90. The molecule has 0 fully saturated rings. The SMILES string of the molecule is CCN(CC)C(C)CNS(=O)(=O)c1ccc2c(c1)CCN2C(C)=O. The van der Waals surface area contributed by atoms with E-state index in [1.807, 2.05) is 6.92 Å². The summed E-state index contributed by atoms with van der Waals surface area (Å²) >= 11 is 0. The van der Waals surface area contributed by atoms with Gasteiger partial charge in [-0.1, -0.05) is 13.8 Å².